The Hall–Kier alpha value is -2.05. The van der Waals surface area contributed by atoms with Crippen LogP contribution in [0.15, 0.2) is 53.0 Å². The number of hydrogen-bond donors (Lipinski definition) is 2. The van der Waals surface area contributed by atoms with E-state index in [2.05, 4.69) is 31.5 Å². The summed E-state index contributed by atoms with van der Waals surface area (Å²) < 4.78 is 6.23. The van der Waals surface area contributed by atoms with E-state index in [1.165, 1.54) is 0 Å². The van der Waals surface area contributed by atoms with E-state index in [9.17, 15) is 4.79 Å². The molecule has 1 heterocycles. The third-order valence-corrected chi connectivity index (χ3v) is 4.32. The Labute approximate surface area is 143 Å². The number of para-hydroxylation sites is 3. The summed E-state index contributed by atoms with van der Waals surface area (Å²) in [4.78, 5) is 14.5. The van der Waals surface area contributed by atoms with Gasteiger partial charge in [-0.3, -0.25) is 0 Å². The molecule has 0 saturated carbocycles. The molecule has 5 nitrogen and oxygen atoms in total. The molecule has 0 spiro atoms. The van der Waals surface area contributed by atoms with Gasteiger partial charge in [-0.2, -0.15) is 0 Å². The first kappa shape index (κ1) is 15.8. The van der Waals surface area contributed by atoms with E-state index in [0.717, 1.165) is 34.6 Å². The van der Waals surface area contributed by atoms with E-state index in [1.54, 1.807) is 0 Å². The average molecular weight is 376 g/mol. The normalized spacial score (nSPS) is 14.4. The van der Waals surface area contributed by atoms with Gasteiger partial charge in [0.1, 0.15) is 0 Å². The Kier molecular flexibility index (Phi) is 5.15. The quantitative estimate of drug-likeness (QED) is 0.854. The van der Waals surface area contributed by atoms with Crippen molar-refractivity contribution in [2.24, 2.45) is 0 Å². The molecular weight excluding hydrogens is 358 g/mol. The first-order valence-corrected chi connectivity index (χ1v) is 8.27. The second-order valence-corrected chi connectivity index (χ2v) is 6.03. The van der Waals surface area contributed by atoms with Crippen LogP contribution in [-0.4, -0.2) is 32.3 Å². The number of anilines is 3. The summed E-state index contributed by atoms with van der Waals surface area (Å²) >= 11 is 3.42. The number of halogens is 1. The maximum Gasteiger partial charge on any atom is 0.323 e. The van der Waals surface area contributed by atoms with Gasteiger partial charge >= 0.3 is 6.03 Å². The van der Waals surface area contributed by atoms with Gasteiger partial charge in [0, 0.05) is 17.6 Å². The fraction of sp³-hybridized carbons (Fsp3) is 0.235. The first-order chi connectivity index (χ1) is 11.2. The molecule has 0 aliphatic carbocycles. The van der Waals surface area contributed by atoms with Gasteiger partial charge in [-0.15, -0.1) is 0 Å². The van der Waals surface area contributed by atoms with Crippen LogP contribution in [0, 0.1) is 0 Å². The molecule has 6 heteroatoms. The van der Waals surface area contributed by atoms with Crippen LogP contribution < -0.4 is 15.5 Å². The second kappa shape index (κ2) is 7.48. The molecular formula is C17H18BrN3O2. The highest BCUT2D eigenvalue weighted by Gasteiger charge is 2.15. The highest BCUT2D eigenvalue weighted by Crippen LogP contribution is 2.27. The molecule has 1 aliphatic rings. The fourth-order valence-corrected chi connectivity index (χ4v) is 2.88. The largest absolute Gasteiger partial charge is 0.378 e. The van der Waals surface area contributed by atoms with E-state index in [-0.39, 0.29) is 6.03 Å². The number of rotatable bonds is 3. The van der Waals surface area contributed by atoms with Crippen LogP contribution in [0.5, 0.6) is 0 Å². The molecule has 0 unspecified atom stereocenters. The molecule has 2 amide bonds. The minimum atomic E-state index is -0.266. The highest BCUT2D eigenvalue weighted by atomic mass is 79.9. The van der Waals surface area contributed by atoms with Crippen molar-refractivity contribution in [3.05, 3.63) is 53.0 Å². The number of nitrogens with one attached hydrogen (secondary N) is 2. The number of carbonyl (C=O) groups is 1. The zero-order valence-electron chi connectivity index (χ0n) is 12.6. The topological polar surface area (TPSA) is 53.6 Å². The third kappa shape index (κ3) is 4.03. The zero-order valence-corrected chi connectivity index (χ0v) is 14.2. The van der Waals surface area contributed by atoms with Crippen LogP contribution >= 0.6 is 15.9 Å². The number of carbonyl (C=O) groups excluding carboxylic acids is 1. The summed E-state index contributed by atoms with van der Waals surface area (Å²) in [7, 11) is 0. The van der Waals surface area contributed by atoms with Crippen molar-refractivity contribution in [2.75, 3.05) is 41.8 Å². The van der Waals surface area contributed by atoms with Gasteiger partial charge in [0.05, 0.1) is 30.3 Å². The predicted octanol–water partition coefficient (Wildman–Crippen LogP) is 3.93. The van der Waals surface area contributed by atoms with Crippen molar-refractivity contribution < 1.29 is 9.53 Å². The second-order valence-electron chi connectivity index (χ2n) is 5.18. The minimum Gasteiger partial charge on any atom is -0.378 e. The summed E-state index contributed by atoms with van der Waals surface area (Å²) in [6.07, 6.45) is 0. The van der Waals surface area contributed by atoms with E-state index in [0.29, 0.717) is 13.2 Å². The molecule has 1 fully saturated rings. The van der Waals surface area contributed by atoms with Crippen molar-refractivity contribution in [1.82, 2.24) is 0 Å². The number of amides is 2. The van der Waals surface area contributed by atoms with E-state index in [4.69, 9.17) is 4.74 Å². The maximum atomic E-state index is 12.3. The molecule has 23 heavy (non-hydrogen) atoms. The smallest absolute Gasteiger partial charge is 0.323 e. The minimum absolute atomic E-state index is 0.266. The van der Waals surface area contributed by atoms with E-state index >= 15 is 0 Å². The highest BCUT2D eigenvalue weighted by molar-refractivity contribution is 9.10. The van der Waals surface area contributed by atoms with Gasteiger partial charge in [-0.25, -0.2) is 4.79 Å². The molecule has 120 valence electrons. The lowest BCUT2D eigenvalue weighted by molar-refractivity contribution is 0.123. The van der Waals surface area contributed by atoms with Crippen LogP contribution in [0.25, 0.3) is 0 Å². The molecule has 3 rings (SSSR count). The molecule has 2 N–H and O–H groups in total. The fourth-order valence-electron chi connectivity index (χ4n) is 2.50. The Morgan fingerprint density at radius 3 is 2.30 bits per heavy atom. The van der Waals surface area contributed by atoms with Gasteiger partial charge in [-0.1, -0.05) is 24.3 Å². The Balaban J connectivity index is 1.72. The number of morpholine rings is 1. The SMILES string of the molecule is O=C(Nc1ccccc1Br)Nc1ccccc1N1CCOCC1. The van der Waals surface area contributed by atoms with Crippen molar-refractivity contribution in [3.8, 4) is 0 Å². The number of urea groups is 1. The molecule has 0 radical (unpaired) electrons. The molecule has 1 saturated heterocycles. The van der Waals surface area contributed by atoms with Gasteiger partial charge in [0.25, 0.3) is 0 Å². The van der Waals surface area contributed by atoms with Crippen LogP contribution in [-0.2, 0) is 4.74 Å². The average Bonchev–Trinajstić information content (AvgIpc) is 2.58. The molecule has 0 atom stereocenters. The summed E-state index contributed by atoms with van der Waals surface area (Å²) in [6.45, 7) is 3.06. The van der Waals surface area contributed by atoms with Gasteiger partial charge in [-0.05, 0) is 40.2 Å². The van der Waals surface area contributed by atoms with Crippen molar-refractivity contribution >= 4 is 39.0 Å². The molecule has 1 aliphatic heterocycles. The molecule has 2 aromatic rings. The van der Waals surface area contributed by atoms with Crippen molar-refractivity contribution in [3.63, 3.8) is 0 Å². The number of benzene rings is 2. The number of hydrogen-bond acceptors (Lipinski definition) is 3. The first-order valence-electron chi connectivity index (χ1n) is 7.48. The third-order valence-electron chi connectivity index (χ3n) is 3.63. The van der Waals surface area contributed by atoms with E-state index < -0.39 is 0 Å². The van der Waals surface area contributed by atoms with E-state index in [1.807, 2.05) is 48.5 Å². The van der Waals surface area contributed by atoms with Crippen LogP contribution in [0.4, 0.5) is 21.9 Å². The number of nitrogens with zero attached hydrogens (tertiary/aromatic N) is 1. The van der Waals surface area contributed by atoms with Gasteiger partial charge in [0.2, 0.25) is 0 Å². The lowest BCUT2D eigenvalue weighted by Gasteiger charge is -2.30. The van der Waals surface area contributed by atoms with Crippen LogP contribution in [0.1, 0.15) is 0 Å². The summed E-state index contributed by atoms with van der Waals surface area (Å²) in [5.74, 6) is 0. The Morgan fingerprint density at radius 1 is 0.957 bits per heavy atom. The maximum absolute atomic E-state index is 12.3. The van der Waals surface area contributed by atoms with Crippen molar-refractivity contribution in [1.29, 1.82) is 0 Å². The Bertz CT molecular complexity index is 687. The molecule has 0 aromatic heterocycles. The summed E-state index contributed by atoms with van der Waals surface area (Å²) in [5, 5.41) is 5.78. The van der Waals surface area contributed by atoms with Crippen LogP contribution in [0.3, 0.4) is 0 Å². The predicted molar refractivity (Wildman–Crippen MR) is 96.3 cm³/mol. The summed E-state index contributed by atoms with van der Waals surface area (Å²) in [6, 6.07) is 15.1. The standard InChI is InChI=1S/C17H18BrN3O2/c18-13-5-1-2-6-14(13)19-17(22)20-15-7-3-4-8-16(15)21-9-11-23-12-10-21/h1-8H,9-12H2,(H2,19,20,22). The van der Waals surface area contributed by atoms with Crippen molar-refractivity contribution in [2.45, 2.75) is 0 Å². The molecule has 0 bridgehead atoms. The monoisotopic (exact) mass is 375 g/mol. The van der Waals surface area contributed by atoms with Gasteiger partial charge in [0.15, 0.2) is 0 Å². The zero-order chi connectivity index (χ0) is 16.1. The lowest BCUT2D eigenvalue weighted by Crippen LogP contribution is -2.37. The number of ether oxygens (including phenoxy) is 1. The van der Waals surface area contributed by atoms with Crippen LogP contribution in [0.2, 0.25) is 0 Å². The summed E-state index contributed by atoms with van der Waals surface area (Å²) in [5.41, 5.74) is 2.53. The Morgan fingerprint density at radius 2 is 1.57 bits per heavy atom. The van der Waals surface area contributed by atoms with Gasteiger partial charge < -0.3 is 20.3 Å². The lowest BCUT2D eigenvalue weighted by atomic mass is 10.2. The molecule has 2 aromatic carbocycles.